The molecule has 3 rings (SSSR count). The van der Waals surface area contributed by atoms with Crippen molar-refractivity contribution in [1.29, 1.82) is 0 Å². The van der Waals surface area contributed by atoms with Crippen molar-refractivity contribution in [3.63, 3.8) is 0 Å². The number of anilines is 2. The van der Waals surface area contributed by atoms with E-state index in [2.05, 4.69) is 14.8 Å². The van der Waals surface area contributed by atoms with E-state index in [4.69, 9.17) is 0 Å². The summed E-state index contributed by atoms with van der Waals surface area (Å²) in [5.41, 5.74) is -0.287. The van der Waals surface area contributed by atoms with Gasteiger partial charge in [-0.3, -0.25) is 0 Å². The Hall–Kier alpha value is -2.46. The van der Waals surface area contributed by atoms with Crippen LogP contribution in [0.25, 0.3) is 0 Å². The number of fused-ring (bicyclic) bond motifs is 1. The molecule has 0 aliphatic carbocycles. The molecule has 10 nitrogen and oxygen atoms in total. The van der Waals surface area contributed by atoms with Crippen molar-refractivity contribution in [1.82, 2.24) is 4.57 Å². The maximum absolute atomic E-state index is 13.0. The summed E-state index contributed by atoms with van der Waals surface area (Å²) in [5.74, 6) is -0.493. The number of benzene rings is 1. The van der Waals surface area contributed by atoms with Gasteiger partial charge in [-0.05, 0) is 0 Å². The summed E-state index contributed by atoms with van der Waals surface area (Å²) in [7, 11) is -8.00. The van der Waals surface area contributed by atoms with Gasteiger partial charge in [0.25, 0.3) is 0 Å². The van der Waals surface area contributed by atoms with Crippen LogP contribution in [0.5, 0.6) is 5.75 Å². The number of hydrogen-bond acceptors (Lipinski definition) is 8. The number of sulfonamides is 1. The van der Waals surface area contributed by atoms with E-state index in [9.17, 15) is 28.1 Å². The van der Waals surface area contributed by atoms with E-state index in [0.717, 1.165) is 6.26 Å². The average Bonchev–Trinajstić information content (AvgIpc) is 2.59. The Balaban J connectivity index is 2.02. The third-order valence-electron chi connectivity index (χ3n) is 4.69. The molecule has 0 unspecified atom stereocenters. The molecule has 12 heteroatoms. The first-order valence-electron chi connectivity index (χ1n) is 9.53. The standard InChI is InChI=1S/C19H27N4O6PS/c1-19(2,3)8-10-23-9-7-14(24)16(18(23)25)17-20-13-6-5-12(22-31(4,28)29)11-15(13)30(26,27)21-17/h5-7,9,11,22,24,26-27,30H,8,10H2,1-4H3,(H,20,21). The zero-order valence-electron chi connectivity index (χ0n) is 17.7. The second kappa shape index (κ2) is 7.90. The van der Waals surface area contributed by atoms with Crippen LogP contribution >= 0.6 is 7.87 Å². The monoisotopic (exact) mass is 470 g/mol. The van der Waals surface area contributed by atoms with Gasteiger partial charge in [0.15, 0.2) is 0 Å². The van der Waals surface area contributed by atoms with Gasteiger partial charge in [-0.15, -0.1) is 0 Å². The Bertz CT molecular complexity index is 1210. The van der Waals surface area contributed by atoms with Crippen molar-refractivity contribution in [2.75, 3.05) is 16.3 Å². The van der Waals surface area contributed by atoms with Crippen molar-refractivity contribution in [3.05, 3.63) is 46.4 Å². The van der Waals surface area contributed by atoms with Crippen molar-refractivity contribution < 1.29 is 23.3 Å². The first kappa shape index (κ1) is 23.2. The van der Waals surface area contributed by atoms with Crippen LogP contribution in [-0.2, 0) is 16.6 Å². The van der Waals surface area contributed by atoms with Gasteiger partial charge < -0.3 is 0 Å². The predicted molar refractivity (Wildman–Crippen MR) is 124 cm³/mol. The third kappa shape index (κ3) is 5.43. The summed E-state index contributed by atoms with van der Waals surface area (Å²) < 4.78 is 30.6. The summed E-state index contributed by atoms with van der Waals surface area (Å²) in [6, 6.07) is 5.52. The van der Waals surface area contributed by atoms with E-state index >= 15 is 0 Å². The van der Waals surface area contributed by atoms with Crippen LogP contribution in [0.3, 0.4) is 0 Å². The fraction of sp³-hybridized carbons (Fsp3) is 0.368. The number of pyridine rings is 1. The fourth-order valence-corrected chi connectivity index (χ4v) is 5.13. The van der Waals surface area contributed by atoms with Crippen molar-refractivity contribution >= 4 is 40.4 Å². The Morgan fingerprint density at radius 2 is 1.90 bits per heavy atom. The van der Waals surface area contributed by atoms with Gasteiger partial charge in [0.05, 0.1) is 0 Å². The fourth-order valence-electron chi connectivity index (χ4n) is 3.12. The predicted octanol–water partition coefficient (Wildman–Crippen LogP) is 1.34. The molecule has 0 radical (unpaired) electrons. The van der Waals surface area contributed by atoms with E-state index in [1.807, 2.05) is 20.8 Å². The van der Waals surface area contributed by atoms with Crippen LogP contribution in [0.2, 0.25) is 0 Å². The van der Waals surface area contributed by atoms with Gasteiger partial charge in [-0.1, -0.05) is 0 Å². The molecule has 0 amide bonds. The Kier molecular flexibility index (Phi) is 5.92. The van der Waals surface area contributed by atoms with Crippen LogP contribution in [0.4, 0.5) is 11.4 Å². The molecule has 31 heavy (non-hydrogen) atoms. The van der Waals surface area contributed by atoms with Crippen LogP contribution in [0.15, 0.2) is 40.0 Å². The Morgan fingerprint density at radius 1 is 1.23 bits per heavy atom. The number of rotatable bonds is 5. The molecule has 1 aliphatic rings. The molecule has 1 aromatic heterocycles. The molecule has 0 atom stereocenters. The van der Waals surface area contributed by atoms with E-state index in [1.54, 1.807) is 0 Å². The molecule has 0 saturated heterocycles. The number of nitrogens with zero attached hydrogens (tertiary/aromatic N) is 2. The van der Waals surface area contributed by atoms with Crippen molar-refractivity contribution in [2.45, 2.75) is 33.7 Å². The molecule has 1 aromatic carbocycles. The van der Waals surface area contributed by atoms with E-state index < -0.39 is 23.4 Å². The maximum atomic E-state index is 13.0. The van der Waals surface area contributed by atoms with E-state index in [0.29, 0.717) is 13.0 Å². The minimum absolute atomic E-state index is 0.00693. The molecule has 0 bridgehead atoms. The summed E-state index contributed by atoms with van der Waals surface area (Å²) in [5, 5.41) is 13.2. The molecular weight excluding hydrogens is 443 g/mol. The third-order valence-corrected chi connectivity index (χ3v) is 6.97. The number of hydrogen-bond donors (Lipinski definition) is 5. The van der Waals surface area contributed by atoms with Crippen LogP contribution in [0.1, 0.15) is 32.8 Å². The normalized spacial score (nSPS) is 16.6. The van der Waals surface area contributed by atoms with Gasteiger partial charge in [-0.2, -0.15) is 0 Å². The molecule has 170 valence electrons. The summed E-state index contributed by atoms with van der Waals surface area (Å²) in [6.45, 7) is 6.56. The van der Waals surface area contributed by atoms with Crippen LogP contribution in [0, 0.1) is 5.41 Å². The molecule has 2 heterocycles. The molecule has 2 aromatic rings. The molecule has 5 N–H and O–H groups in total. The van der Waals surface area contributed by atoms with Gasteiger partial charge in [0.2, 0.25) is 0 Å². The summed E-state index contributed by atoms with van der Waals surface area (Å²) in [4.78, 5) is 34.3. The number of aromatic nitrogens is 1. The number of aryl methyl sites for hydroxylation is 1. The minimum atomic E-state index is -4.44. The van der Waals surface area contributed by atoms with Crippen LogP contribution < -0.4 is 20.9 Å². The molecule has 1 aliphatic heterocycles. The molecular formula is C19H27N4O6PS. The SMILES string of the molecule is CC(C)(C)CCn1ccc(O)c(C2=N[PH](O)(O)c3cc(NS(C)(=O)=O)ccc3N2)c1=O. The van der Waals surface area contributed by atoms with E-state index in [1.165, 1.54) is 35.0 Å². The zero-order valence-corrected chi connectivity index (χ0v) is 19.5. The van der Waals surface area contributed by atoms with Gasteiger partial charge >= 0.3 is 181 Å². The first-order chi connectivity index (χ1) is 14.2. The quantitative estimate of drug-likeness (QED) is 0.413. The second-order valence-corrected chi connectivity index (χ2v) is 12.5. The number of aromatic hydroxyl groups is 1. The second-order valence-electron chi connectivity index (χ2n) is 8.74. The molecule has 0 spiro atoms. The Morgan fingerprint density at radius 3 is 2.52 bits per heavy atom. The van der Waals surface area contributed by atoms with Gasteiger partial charge in [0, 0.05) is 0 Å². The van der Waals surface area contributed by atoms with Crippen LogP contribution in [-0.4, -0.2) is 40.0 Å². The van der Waals surface area contributed by atoms with Crippen molar-refractivity contribution in [3.8, 4) is 5.75 Å². The summed E-state index contributed by atoms with van der Waals surface area (Å²) >= 11 is 0. The van der Waals surface area contributed by atoms with E-state index in [-0.39, 0.29) is 39.2 Å². The number of nitrogens with one attached hydrogen (secondary N) is 2. The number of amidine groups is 1. The topological polar surface area (TPSA) is 153 Å². The average molecular weight is 470 g/mol. The van der Waals surface area contributed by atoms with Gasteiger partial charge in [0.1, 0.15) is 0 Å². The Labute approximate surface area is 180 Å². The van der Waals surface area contributed by atoms with Crippen molar-refractivity contribution in [2.24, 2.45) is 10.2 Å². The first-order valence-corrected chi connectivity index (χ1v) is 13.3. The molecule has 0 fully saturated rings. The summed E-state index contributed by atoms with van der Waals surface area (Å²) in [6.07, 6.45) is 3.18. The van der Waals surface area contributed by atoms with Gasteiger partial charge in [-0.25, -0.2) is 0 Å². The molecule has 0 saturated carbocycles. The zero-order chi connectivity index (χ0) is 23.2.